The molecule has 1 fully saturated rings. The number of ketones is 1. The van der Waals surface area contributed by atoms with Crippen LogP contribution in [0.5, 0.6) is 0 Å². The monoisotopic (exact) mass is 296 g/mol. The SMILES string of the molecule is Cc1c(Cl)c(=O)oc2c1=C(O)C1C(=O)CC(C)OC1C=2. The molecule has 3 unspecified atom stereocenters. The summed E-state index contributed by atoms with van der Waals surface area (Å²) in [4.78, 5) is 23.7. The summed E-state index contributed by atoms with van der Waals surface area (Å²) >= 11 is 5.85. The molecule has 6 heteroatoms. The molecule has 106 valence electrons. The van der Waals surface area contributed by atoms with Crippen LogP contribution in [0.25, 0.3) is 11.8 Å². The van der Waals surface area contributed by atoms with Crippen molar-refractivity contribution in [1.82, 2.24) is 0 Å². The summed E-state index contributed by atoms with van der Waals surface area (Å²) in [6.45, 7) is 3.40. The molecule has 1 saturated heterocycles. The van der Waals surface area contributed by atoms with Crippen molar-refractivity contribution in [3.8, 4) is 0 Å². The minimum Gasteiger partial charge on any atom is -0.511 e. The van der Waals surface area contributed by atoms with E-state index >= 15 is 0 Å². The lowest BCUT2D eigenvalue weighted by molar-refractivity contribution is -0.136. The highest BCUT2D eigenvalue weighted by Crippen LogP contribution is 2.29. The first-order valence-corrected chi connectivity index (χ1v) is 6.70. The van der Waals surface area contributed by atoms with Crippen LogP contribution in [0.1, 0.15) is 18.9 Å². The molecule has 1 N–H and O–H groups in total. The Morgan fingerprint density at radius 1 is 1.40 bits per heavy atom. The highest BCUT2D eigenvalue weighted by atomic mass is 35.5. The fourth-order valence-electron chi connectivity index (χ4n) is 2.82. The van der Waals surface area contributed by atoms with Gasteiger partial charge in [0.05, 0.1) is 17.4 Å². The maximum absolute atomic E-state index is 12.1. The quantitative estimate of drug-likeness (QED) is 0.751. The molecule has 0 aromatic carbocycles. The molecule has 2 heterocycles. The van der Waals surface area contributed by atoms with Crippen molar-refractivity contribution < 1.29 is 19.1 Å². The van der Waals surface area contributed by atoms with Crippen LogP contribution in [-0.4, -0.2) is 23.1 Å². The molecule has 2 aliphatic rings. The Kier molecular flexibility index (Phi) is 2.99. The average Bonchev–Trinajstić information content (AvgIpc) is 2.34. The molecular formula is C14H13ClO5. The summed E-state index contributed by atoms with van der Waals surface area (Å²) in [5.74, 6) is -0.969. The van der Waals surface area contributed by atoms with E-state index in [9.17, 15) is 14.7 Å². The van der Waals surface area contributed by atoms with Crippen LogP contribution in [0.4, 0.5) is 0 Å². The van der Waals surface area contributed by atoms with Gasteiger partial charge in [-0.05, 0) is 25.5 Å². The second-order valence-electron chi connectivity index (χ2n) is 5.18. The number of hydrogen-bond acceptors (Lipinski definition) is 5. The molecule has 1 aliphatic carbocycles. The first kappa shape index (κ1) is 13.4. The van der Waals surface area contributed by atoms with Gasteiger partial charge in [-0.25, -0.2) is 4.79 Å². The van der Waals surface area contributed by atoms with E-state index in [1.54, 1.807) is 19.9 Å². The third-order valence-electron chi connectivity index (χ3n) is 3.75. The van der Waals surface area contributed by atoms with E-state index < -0.39 is 17.6 Å². The number of rotatable bonds is 0. The van der Waals surface area contributed by atoms with Crippen LogP contribution in [0.3, 0.4) is 0 Å². The average molecular weight is 297 g/mol. The van der Waals surface area contributed by atoms with Crippen LogP contribution in [0.15, 0.2) is 9.21 Å². The highest BCUT2D eigenvalue weighted by Gasteiger charge is 2.40. The Hall–Kier alpha value is -1.59. The van der Waals surface area contributed by atoms with Crippen LogP contribution >= 0.6 is 11.6 Å². The van der Waals surface area contributed by atoms with Crippen LogP contribution < -0.4 is 16.3 Å². The van der Waals surface area contributed by atoms with Gasteiger partial charge in [-0.2, -0.15) is 0 Å². The Balaban J connectivity index is 2.35. The lowest BCUT2D eigenvalue weighted by atomic mass is 9.85. The zero-order valence-corrected chi connectivity index (χ0v) is 11.7. The largest absolute Gasteiger partial charge is 0.511 e. The molecule has 1 aliphatic heterocycles. The molecule has 0 saturated carbocycles. The summed E-state index contributed by atoms with van der Waals surface area (Å²) in [6, 6.07) is 0. The van der Waals surface area contributed by atoms with Gasteiger partial charge in [0.1, 0.15) is 27.9 Å². The number of fused-ring (bicyclic) bond motifs is 2. The van der Waals surface area contributed by atoms with Crippen molar-refractivity contribution in [2.75, 3.05) is 0 Å². The van der Waals surface area contributed by atoms with E-state index in [1.807, 2.05) is 0 Å². The summed E-state index contributed by atoms with van der Waals surface area (Å²) in [7, 11) is 0. The molecular weight excluding hydrogens is 284 g/mol. The van der Waals surface area contributed by atoms with Crippen molar-refractivity contribution in [1.29, 1.82) is 0 Å². The minimum absolute atomic E-state index is 0.0836. The molecule has 0 spiro atoms. The van der Waals surface area contributed by atoms with E-state index in [0.29, 0.717) is 10.8 Å². The number of ether oxygens (including phenoxy) is 1. The zero-order valence-electron chi connectivity index (χ0n) is 11.0. The number of hydrogen-bond donors (Lipinski definition) is 1. The highest BCUT2D eigenvalue weighted by molar-refractivity contribution is 6.31. The summed E-state index contributed by atoms with van der Waals surface area (Å²) < 4.78 is 10.7. The predicted molar refractivity (Wildman–Crippen MR) is 71.9 cm³/mol. The molecule has 20 heavy (non-hydrogen) atoms. The molecule has 0 radical (unpaired) electrons. The fourth-order valence-corrected chi connectivity index (χ4v) is 2.95. The molecule has 0 amide bonds. The lowest BCUT2D eigenvalue weighted by Gasteiger charge is -2.33. The lowest BCUT2D eigenvalue weighted by Crippen LogP contribution is -2.49. The number of aliphatic hydroxyl groups is 1. The number of halogens is 1. The van der Waals surface area contributed by atoms with Gasteiger partial charge in [0.2, 0.25) is 0 Å². The van der Waals surface area contributed by atoms with E-state index in [-0.39, 0.29) is 34.5 Å². The van der Waals surface area contributed by atoms with E-state index in [2.05, 4.69) is 0 Å². The van der Waals surface area contributed by atoms with Gasteiger partial charge in [0, 0.05) is 6.42 Å². The summed E-state index contributed by atoms with van der Waals surface area (Å²) in [6.07, 6.45) is 0.979. The van der Waals surface area contributed by atoms with Crippen LogP contribution in [0, 0.1) is 12.8 Å². The topological polar surface area (TPSA) is 76.7 Å². The first-order valence-electron chi connectivity index (χ1n) is 6.32. The van der Waals surface area contributed by atoms with Crippen LogP contribution in [0.2, 0.25) is 5.02 Å². The molecule has 5 nitrogen and oxygen atoms in total. The second kappa shape index (κ2) is 4.46. The van der Waals surface area contributed by atoms with Crippen molar-refractivity contribution in [2.45, 2.75) is 32.5 Å². The smallest absolute Gasteiger partial charge is 0.355 e. The Bertz CT molecular complexity index is 776. The number of carbonyl (C=O) groups is 1. The third kappa shape index (κ3) is 1.81. The number of carbonyl (C=O) groups excluding carboxylic acids is 1. The van der Waals surface area contributed by atoms with Gasteiger partial charge in [0.25, 0.3) is 0 Å². The Morgan fingerprint density at radius 3 is 2.80 bits per heavy atom. The van der Waals surface area contributed by atoms with E-state index in [0.717, 1.165) is 0 Å². The van der Waals surface area contributed by atoms with Gasteiger partial charge in [-0.1, -0.05) is 11.6 Å². The standard InChI is InChI=1S/C14H13ClO5/c1-5-3-7(16)11-9(19-5)4-8-10(13(11)17)6(2)12(15)14(18)20-8/h4-5,9,11,17H,3H2,1-2H3. The van der Waals surface area contributed by atoms with Gasteiger partial charge >= 0.3 is 5.63 Å². The third-order valence-corrected chi connectivity index (χ3v) is 4.19. The Labute approximate surface area is 119 Å². The fraction of sp³-hybridized carbons (Fsp3) is 0.429. The minimum atomic E-state index is -0.749. The first-order chi connectivity index (χ1) is 9.40. The number of aliphatic hydroxyl groups excluding tert-OH is 1. The molecule has 1 aromatic heterocycles. The predicted octanol–water partition coefficient (Wildman–Crippen LogP) is 0.425. The van der Waals surface area contributed by atoms with Gasteiger partial charge in [0.15, 0.2) is 0 Å². The maximum Gasteiger partial charge on any atom is 0.355 e. The van der Waals surface area contributed by atoms with Crippen molar-refractivity contribution in [3.05, 3.63) is 31.6 Å². The number of Topliss-reactive ketones (excluding diaryl/α,β-unsaturated/α-hetero) is 1. The van der Waals surface area contributed by atoms with E-state index in [4.69, 9.17) is 20.8 Å². The van der Waals surface area contributed by atoms with Crippen LogP contribution in [-0.2, 0) is 9.53 Å². The molecule has 3 rings (SSSR count). The zero-order chi connectivity index (χ0) is 14.6. The van der Waals surface area contributed by atoms with Crippen molar-refractivity contribution in [2.24, 2.45) is 5.92 Å². The van der Waals surface area contributed by atoms with Gasteiger partial charge < -0.3 is 14.3 Å². The normalized spacial score (nSPS) is 28.6. The Morgan fingerprint density at radius 2 is 2.10 bits per heavy atom. The summed E-state index contributed by atoms with van der Waals surface area (Å²) in [5, 5.41) is 10.6. The molecule has 1 aromatic rings. The molecule has 3 atom stereocenters. The van der Waals surface area contributed by atoms with E-state index in [1.165, 1.54) is 0 Å². The van der Waals surface area contributed by atoms with Crippen molar-refractivity contribution in [3.63, 3.8) is 0 Å². The maximum atomic E-state index is 12.1. The van der Waals surface area contributed by atoms with Crippen molar-refractivity contribution >= 4 is 29.2 Å². The summed E-state index contributed by atoms with van der Waals surface area (Å²) in [5.41, 5.74) is -0.0466. The van der Waals surface area contributed by atoms with Gasteiger partial charge in [-0.15, -0.1) is 0 Å². The molecule has 0 bridgehead atoms. The van der Waals surface area contributed by atoms with Gasteiger partial charge in [-0.3, -0.25) is 4.79 Å². The second-order valence-corrected chi connectivity index (χ2v) is 5.56.